The number of carbonyl (C=O) groups is 1. The van der Waals surface area contributed by atoms with Crippen molar-refractivity contribution in [2.45, 2.75) is 38.3 Å². The molecule has 134 valence electrons. The molecule has 1 amide bonds. The van der Waals surface area contributed by atoms with Gasteiger partial charge < -0.3 is 23.4 Å². The van der Waals surface area contributed by atoms with Crippen molar-refractivity contribution in [2.75, 3.05) is 26.3 Å². The van der Waals surface area contributed by atoms with Crippen LogP contribution in [0.5, 0.6) is 0 Å². The SMILES string of the molecule is O=C1OCCCN1CCn1ccnc1-c1ccc(C2CCCCO2)o1. The molecular weight excluding hydrogens is 322 g/mol. The van der Waals surface area contributed by atoms with Crippen LogP contribution in [0.3, 0.4) is 0 Å². The predicted molar refractivity (Wildman–Crippen MR) is 90.0 cm³/mol. The van der Waals surface area contributed by atoms with Gasteiger partial charge in [0, 0.05) is 38.6 Å². The van der Waals surface area contributed by atoms with Crippen LogP contribution in [0.2, 0.25) is 0 Å². The molecule has 4 rings (SSSR count). The lowest BCUT2D eigenvalue weighted by Crippen LogP contribution is -2.39. The summed E-state index contributed by atoms with van der Waals surface area (Å²) in [5, 5.41) is 0. The molecule has 7 nitrogen and oxygen atoms in total. The first-order valence-corrected chi connectivity index (χ1v) is 8.96. The third kappa shape index (κ3) is 3.56. The molecule has 2 aliphatic heterocycles. The molecule has 1 unspecified atom stereocenters. The zero-order valence-corrected chi connectivity index (χ0v) is 14.2. The van der Waals surface area contributed by atoms with Gasteiger partial charge in [-0.05, 0) is 37.8 Å². The van der Waals surface area contributed by atoms with Crippen LogP contribution >= 0.6 is 0 Å². The molecule has 2 aromatic rings. The number of hydrogen-bond acceptors (Lipinski definition) is 5. The van der Waals surface area contributed by atoms with Crippen LogP contribution in [0.4, 0.5) is 4.79 Å². The summed E-state index contributed by atoms with van der Waals surface area (Å²) in [6.45, 7) is 3.31. The molecule has 2 saturated heterocycles. The van der Waals surface area contributed by atoms with Gasteiger partial charge in [0.2, 0.25) is 0 Å². The van der Waals surface area contributed by atoms with Gasteiger partial charge in [0.25, 0.3) is 0 Å². The van der Waals surface area contributed by atoms with Gasteiger partial charge in [0.15, 0.2) is 11.6 Å². The molecule has 0 bridgehead atoms. The number of ether oxygens (including phenoxy) is 2. The van der Waals surface area contributed by atoms with Crippen molar-refractivity contribution in [1.29, 1.82) is 0 Å². The molecule has 1 atom stereocenters. The minimum atomic E-state index is -0.234. The van der Waals surface area contributed by atoms with Crippen molar-refractivity contribution in [3.63, 3.8) is 0 Å². The Balaban J connectivity index is 1.44. The van der Waals surface area contributed by atoms with E-state index in [-0.39, 0.29) is 12.2 Å². The smallest absolute Gasteiger partial charge is 0.409 e. The molecule has 2 aliphatic rings. The maximum Gasteiger partial charge on any atom is 0.409 e. The molecule has 7 heteroatoms. The lowest BCUT2D eigenvalue weighted by Gasteiger charge is -2.26. The van der Waals surface area contributed by atoms with Gasteiger partial charge in [-0.1, -0.05) is 0 Å². The minimum Gasteiger partial charge on any atom is -0.455 e. The van der Waals surface area contributed by atoms with E-state index in [2.05, 4.69) is 4.98 Å². The lowest BCUT2D eigenvalue weighted by atomic mass is 10.1. The first-order valence-electron chi connectivity index (χ1n) is 8.96. The zero-order chi connectivity index (χ0) is 17.1. The molecule has 0 aliphatic carbocycles. The summed E-state index contributed by atoms with van der Waals surface area (Å²) in [6, 6.07) is 3.92. The Labute approximate surface area is 146 Å². The Morgan fingerprint density at radius 2 is 2.12 bits per heavy atom. The lowest BCUT2D eigenvalue weighted by molar-refractivity contribution is 0.00218. The van der Waals surface area contributed by atoms with Crippen molar-refractivity contribution in [3.8, 4) is 11.6 Å². The molecule has 4 heterocycles. The van der Waals surface area contributed by atoms with E-state index in [1.54, 1.807) is 11.1 Å². The van der Waals surface area contributed by atoms with Gasteiger partial charge in [-0.15, -0.1) is 0 Å². The normalized spacial score (nSPS) is 21.4. The number of nitrogens with zero attached hydrogens (tertiary/aromatic N) is 3. The van der Waals surface area contributed by atoms with Crippen LogP contribution in [0.15, 0.2) is 28.9 Å². The summed E-state index contributed by atoms with van der Waals surface area (Å²) in [5.41, 5.74) is 0. The average molecular weight is 345 g/mol. The molecule has 0 spiro atoms. The number of imidazole rings is 1. The van der Waals surface area contributed by atoms with Gasteiger partial charge >= 0.3 is 6.09 Å². The summed E-state index contributed by atoms with van der Waals surface area (Å²) in [5.74, 6) is 2.37. The second kappa shape index (κ2) is 7.31. The largest absolute Gasteiger partial charge is 0.455 e. The number of furan rings is 1. The van der Waals surface area contributed by atoms with Gasteiger partial charge in [0.1, 0.15) is 11.9 Å². The number of rotatable bonds is 5. The Morgan fingerprint density at radius 1 is 1.16 bits per heavy atom. The average Bonchev–Trinajstić information content (AvgIpc) is 3.31. The molecule has 0 N–H and O–H groups in total. The fourth-order valence-electron chi connectivity index (χ4n) is 3.35. The van der Waals surface area contributed by atoms with E-state index in [0.717, 1.165) is 49.8 Å². The van der Waals surface area contributed by atoms with E-state index in [4.69, 9.17) is 13.9 Å². The van der Waals surface area contributed by atoms with Crippen LogP contribution < -0.4 is 0 Å². The van der Waals surface area contributed by atoms with E-state index in [1.807, 2.05) is 22.9 Å². The second-order valence-electron chi connectivity index (χ2n) is 6.46. The van der Waals surface area contributed by atoms with Crippen LogP contribution in [-0.4, -0.2) is 46.8 Å². The van der Waals surface area contributed by atoms with Crippen LogP contribution in [0.25, 0.3) is 11.6 Å². The van der Waals surface area contributed by atoms with Crippen LogP contribution in [0, 0.1) is 0 Å². The van der Waals surface area contributed by atoms with Gasteiger partial charge in [-0.2, -0.15) is 0 Å². The van der Waals surface area contributed by atoms with Crippen LogP contribution in [0.1, 0.15) is 37.5 Å². The van der Waals surface area contributed by atoms with Crippen molar-refractivity contribution in [3.05, 3.63) is 30.3 Å². The summed E-state index contributed by atoms with van der Waals surface area (Å²) in [4.78, 5) is 17.9. The Kier molecular flexibility index (Phi) is 4.74. The number of cyclic esters (lactones) is 1. The van der Waals surface area contributed by atoms with Crippen molar-refractivity contribution in [2.24, 2.45) is 0 Å². The van der Waals surface area contributed by atoms with E-state index in [1.165, 1.54) is 6.42 Å². The first kappa shape index (κ1) is 16.2. The van der Waals surface area contributed by atoms with E-state index in [0.29, 0.717) is 19.7 Å². The fraction of sp³-hybridized carbons (Fsp3) is 0.556. The first-order chi connectivity index (χ1) is 12.3. The fourth-order valence-corrected chi connectivity index (χ4v) is 3.35. The predicted octanol–water partition coefficient (Wildman–Crippen LogP) is 3.23. The molecule has 0 saturated carbocycles. The monoisotopic (exact) mass is 345 g/mol. The molecule has 25 heavy (non-hydrogen) atoms. The Morgan fingerprint density at radius 3 is 2.96 bits per heavy atom. The van der Waals surface area contributed by atoms with E-state index >= 15 is 0 Å². The molecule has 0 radical (unpaired) electrons. The van der Waals surface area contributed by atoms with Crippen LogP contribution in [-0.2, 0) is 16.0 Å². The number of hydrogen-bond donors (Lipinski definition) is 0. The summed E-state index contributed by atoms with van der Waals surface area (Å²) in [6.07, 6.45) is 7.64. The maximum atomic E-state index is 11.7. The number of aromatic nitrogens is 2. The third-order valence-corrected chi connectivity index (χ3v) is 4.73. The highest BCUT2D eigenvalue weighted by Gasteiger charge is 2.22. The quantitative estimate of drug-likeness (QED) is 0.832. The zero-order valence-electron chi connectivity index (χ0n) is 14.2. The highest BCUT2D eigenvalue weighted by Crippen LogP contribution is 2.31. The molecule has 2 aromatic heterocycles. The summed E-state index contributed by atoms with van der Waals surface area (Å²) < 4.78 is 18.9. The highest BCUT2D eigenvalue weighted by atomic mass is 16.6. The highest BCUT2D eigenvalue weighted by molar-refractivity contribution is 5.68. The van der Waals surface area contributed by atoms with Crippen molar-refractivity contribution in [1.82, 2.24) is 14.5 Å². The molecular formula is C18H23N3O4. The van der Waals surface area contributed by atoms with Crippen molar-refractivity contribution >= 4 is 6.09 Å². The summed E-state index contributed by atoms with van der Waals surface area (Å²) >= 11 is 0. The van der Waals surface area contributed by atoms with E-state index < -0.39 is 0 Å². The standard InChI is InChI=1S/C18H23N3O4/c22-18-21(8-3-13-24-18)11-10-20-9-7-19-17(20)16-6-5-15(25-16)14-4-1-2-12-23-14/h5-7,9,14H,1-4,8,10-13H2. The third-order valence-electron chi connectivity index (χ3n) is 4.73. The number of carbonyl (C=O) groups excluding carboxylic acids is 1. The van der Waals surface area contributed by atoms with Crippen molar-refractivity contribution < 1.29 is 18.7 Å². The minimum absolute atomic E-state index is 0.0500. The Hall–Kier alpha value is -2.28. The van der Waals surface area contributed by atoms with Gasteiger partial charge in [-0.25, -0.2) is 9.78 Å². The van der Waals surface area contributed by atoms with E-state index in [9.17, 15) is 4.79 Å². The van der Waals surface area contributed by atoms with Gasteiger partial charge in [-0.3, -0.25) is 0 Å². The second-order valence-corrected chi connectivity index (χ2v) is 6.46. The van der Waals surface area contributed by atoms with Gasteiger partial charge in [0.05, 0.1) is 6.61 Å². The molecule has 2 fully saturated rings. The molecule has 0 aromatic carbocycles. The Bertz CT molecular complexity index is 717. The summed E-state index contributed by atoms with van der Waals surface area (Å²) in [7, 11) is 0. The maximum absolute atomic E-state index is 11.7. The number of amides is 1. The topological polar surface area (TPSA) is 69.7 Å².